The molecule has 1 aromatic rings. The Balaban J connectivity index is 2.34. The van der Waals surface area contributed by atoms with Crippen LogP contribution in [0.15, 0.2) is 30.8 Å². The average molecular weight is 306 g/mol. The molecule has 1 aromatic carbocycles. The summed E-state index contributed by atoms with van der Waals surface area (Å²) in [6.45, 7) is 11.8. The van der Waals surface area contributed by atoms with Crippen LogP contribution in [0, 0.1) is 0 Å². The van der Waals surface area contributed by atoms with E-state index in [1.54, 1.807) is 0 Å². The van der Waals surface area contributed by atoms with Gasteiger partial charge < -0.3 is 9.16 Å². The predicted molar refractivity (Wildman–Crippen MR) is 92.7 cm³/mol. The van der Waals surface area contributed by atoms with Gasteiger partial charge in [-0.3, -0.25) is 0 Å². The predicted octanol–water partition coefficient (Wildman–Crippen LogP) is 4.64. The number of ether oxygens (including phenoxy) is 1. The second-order valence-corrected chi connectivity index (χ2v) is 7.75. The largest absolute Gasteiger partial charge is 0.414 e. The smallest absolute Gasteiger partial charge is 0.241 e. The van der Waals surface area contributed by atoms with Gasteiger partial charge in [0.05, 0.1) is 5.73 Å². The average Bonchev–Trinajstić information content (AvgIpc) is 2.50. The highest BCUT2D eigenvalue weighted by Crippen LogP contribution is 2.11. The zero-order valence-electron chi connectivity index (χ0n) is 13.7. The van der Waals surface area contributed by atoms with Gasteiger partial charge in [0.1, 0.15) is 0 Å². The van der Waals surface area contributed by atoms with Gasteiger partial charge in [0.25, 0.3) is 0 Å². The van der Waals surface area contributed by atoms with Crippen molar-refractivity contribution in [2.45, 2.75) is 51.8 Å². The van der Waals surface area contributed by atoms with Crippen molar-refractivity contribution in [1.29, 1.82) is 0 Å². The molecule has 0 aromatic heterocycles. The van der Waals surface area contributed by atoms with E-state index in [0.717, 1.165) is 32.1 Å². The number of hydrogen-bond donors (Lipinski definition) is 0. The van der Waals surface area contributed by atoms with E-state index in [1.807, 2.05) is 6.08 Å². The van der Waals surface area contributed by atoms with Gasteiger partial charge in [-0.15, -0.1) is 0 Å². The standard InChI is InChI=1S/C18H29O2Si/c1-5-14-21(16(4)19-7-3)20-13-9-12-18-11-8-10-17(6-2)15-18/h6,8,10-11,15-16H,2,5,7,9,12-14H2,1,3-4H3. The minimum atomic E-state index is -0.841. The summed E-state index contributed by atoms with van der Waals surface area (Å²) in [5, 5.41) is 0. The Morgan fingerprint density at radius 1 is 1.33 bits per heavy atom. The van der Waals surface area contributed by atoms with Gasteiger partial charge in [0.15, 0.2) is 0 Å². The molecular weight excluding hydrogens is 276 g/mol. The zero-order chi connectivity index (χ0) is 15.5. The zero-order valence-corrected chi connectivity index (χ0v) is 14.7. The van der Waals surface area contributed by atoms with Gasteiger partial charge in [-0.05, 0) is 43.9 Å². The number of benzene rings is 1. The van der Waals surface area contributed by atoms with Crippen molar-refractivity contribution in [2.75, 3.05) is 13.2 Å². The molecular formula is C18H29O2Si. The monoisotopic (exact) mass is 305 g/mol. The van der Waals surface area contributed by atoms with Crippen molar-refractivity contribution < 1.29 is 9.16 Å². The Labute approximate surface area is 131 Å². The second-order valence-electron chi connectivity index (χ2n) is 5.22. The molecule has 1 atom stereocenters. The normalized spacial score (nSPS) is 12.6. The molecule has 0 aliphatic rings. The van der Waals surface area contributed by atoms with Crippen LogP contribution < -0.4 is 0 Å². The molecule has 0 saturated heterocycles. The molecule has 0 amide bonds. The summed E-state index contributed by atoms with van der Waals surface area (Å²) in [6, 6.07) is 9.72. The van der Waals surface area contributed by atoms with E-state index in [4.69, 9.17) is 9.16 Å². The highest BCUT2D eigenvalue weighted by molar-refractivity contribution is 6.53. The van der Waals surface area contributed by atoms with E-state index in [-0.39, 0.29) is 5.73 Å². The molecule has 2 nitrogen and oxygen atoms in total. The van der Waals surface area contributed by atoms with E-state index in [2.05, 4.69) is 51.6 Å². The van der Waals surface area contributed by atoms with Crippen molar-refractivity contribution in [2.24, 2.45) is 0 Å². The maximum atomic E-state index is 6.13. The first-order valence-corrected chi connectivity index (χ1v) is 9.72. The van der Waals surface area contributed by atoms with Crippen LogP contribution in [0.2, 0.25) is 6.04 Å². The summed E-state index contributed by atoms with van der Waals surface area (Å²) in [6.07, 6.45) is 5.20. The lowest BCUT2D eigenvalue weighted by molar-refractivity contribution is 0.108. The van der Waals surface area contributed by atoms with Crippen LogP contribution in [0.25, 0.3) is 6.08 Å². The van der Waals surface area contributed by atoms with E-state index in [9.17, 15) is 0 Å². The van der Waals surface area contributed by atoms with E-state index in [1.165, 1.54) is 17.5 Å². The second kappa shape index (κ2) is 10.8. The molecule has 0 aliphatic heterocycles. The lowest BCUT2D eigenvalue weighted by Gasteiger charge is -2.21. The van der Waals surface area contributed by atoms with Crippen LogP contribution in [0.5, 0.6) is 0 Å². The third-order valence-corrected chi connectivity index (χ3v) is 6.09. The lowest BCUT2D eigenvalue weighted by Crippen LogP contribution is -2.34. The number of rotatable bonds is 11. The highest BCUT2D eigenvalue weighted by Gasteiger charge is 2.21. The quantitative estimate of drug-likeness (QED) is 0.438. The Bertz CT molecular complexity index is 406. The molecule has 0 heterocycles. The summed E-state index contributed by atoms with van der Waals surface area (Å²) in [7, 11) is -0.841. The van der Waals surface area contributed by atoms with Crippen molar-refractivity contribution in [3.8, 4) is 0 Å². The summed E-state index contributed by atoms with van der Waals surface area (Å²) < 4.78 is 11.8. The van der Waals surface area contributed by atoms with Gasteiger partial charge in [-0.1, -0.05) is 50.3 Å². The van der Waals surface area contributed by atoms with Crippen molar-refractivity contribution in [1.82, 2.24) is 0 Å². The molecule has 1 radical (unpaired) electrons. The van der Waals surface area contributed by atoms with Crippen molar-refractivity contribution >= 4 is 15.1 Å². The van der Waals surface area contributed by atoms with E-state index in [0.29, 0.717) is 0 Å². The Hall–Kier alpha value is -0.903. The molecule has 0 bridgehead atoms. The molecule has 0 fully saturated rings. The van der Waals surface area contributed by atoms with E-state index >= 15 is 0 Å². The SMILES string of the molecule is C=Cc1cccc(CCCO[Si](CCC)C(C)OCC)c1. The summed E-state index contributed by atoms with van der Waals surface area (Å²) in [4.78, 5) is 0. The third-order valence-electron chi connectivity index (χ3n) is 3.45. The highest BCUT2D eigenvalue weighted by atomic mass is 28.3. The maximum Gasteiger partial charge on any atom is 0.241 e. The van der Waals surface area contributed by atoms with Gasteiger partial charge in [0.2, 0.25) is 9.04 Å². The van der Waals surface area contributed by atoms with Crippen LogP contribution in [-0.2, 0) is 15.6 Å². The van der Waals surface area contributed by atoms with Crippen molar-refractivity contribution in [3.05, 3.63) is 42.0 Å². The maximum absolute atomic E-state index is 6.13. The van der Waals surface area contributed by atoms with Gasteiger partial charge in [-0.2, -0.15) is 0 Å². The summed E-state index contributed by atoms with van der Waals surface area (Å²) in [5.74, 6) is 0. The fourth-order valence-electron chi connectivity index (χ4n) is 2.34. The molecule has 1 unspecified atom stereocenters. The van der Waals surface area contributed by atoms with Gasteiger partial charge in [0, 0.05) is 13.2 Å². The minimum Gasteiger partial charge on any atom is -0.414 e. The molecule has 21 heavy (non-hydrogen) atoms. The Kier molecular flexibility index (Phi) is 9.31. The molecule has 0 N–H and O–H groups in total. The van der Waals surface area contributed by atoms with Crippen molar-refractivity contribution in [3.63, 3.8) is 0 Å². The first kappa shape index (κ1) is 18.1. The number of hydrogen-bond acceptors (Lipinski definition) is 2. The Morgan fingerprint density at radius 3 is 2.81 bits per heavy atom. The van der Waals surface area contributed by atoms with Crippen LogP contribution in [0.1, 0.15) is 44.7 Å². The fraction of sp³-hybridized carbons (Fsp3) is 0.556. The minimum absolute atomic E-state index is 0.282. The topological polar surface area (TPSA) is 18.5 Å². The first-order chi connectivity index (χ1) is 10.2. The van der Waals surface area contributed by atoms with Crippen LogP contribution in [0.4, 0.5) is 0 Å². The Morgan fingerprint density at radius 2 is 2.14 bits per heavy atom. The number of aryl methyl sites for hydroxylation is 1. The molecule has 3 heteroatoms. The molecule has 1 rings (SSSR count). The molecule has 117 valence electrons. The lowest BCUT2D eigenvalue weighted by atomic mass is 10.1. The van der Waals surface area contributed by atoms with E-state index < -0.39 is 9.04 Å². The van der Waals surface area contributed by atoms with Gasteiger partial charge in [-0.25, -0.2) is 0 Å². The third kappa shape index (κ3) is 7.07. The fourth-order valence-corrected chi connectivity index (χ4v) is 4.37. The molecule has 0 saturated carbocycles. The summed E-state index contributed by atoms with van der Waals surface area (Å²) >= 11 is 0. The van der Waals surface area contributed by atoms with Gasteiger partial charge >= 0.3 is 0 Å². The first-order valence-electron chi connectivity index (χ1n) is 8.02. The van der Waals surface area contributed by atoms with Crippen LogP contribution >= 0.6 is 0 Å². The van der Waals surface area contributed by atoms with Crippen LogP contribution in [-0.4, -0.2) is 28.0 Å². The van der Waals surface area contributed by atoms with Crippen LogP contribution in [0.3, 0.4) is 0 Å². The summed E-state index contributed by atoms with van der Waals surface area (Å²) in [5.41, 5.74) is 2.83. The molecule has 0 aliphatic carbocycles. The molecule has 0 spiro atoms.